The quantitative estimate of drug-likeness (QED) is 0.882. The molecule has 0 saturated carbocycles. The summed E-state index contributed by atoms with van der Waals surface area (Å²) in [5.74, 6) is 1.10. The molecule has 1 atom stereocenters. The van der Waals surface area contributed by atoms with Gasteiger partial charge in [0.15, 0.2) is 0 Å². The maximum absolute atomic E-state index is 5.75. The third kappa shape index (κ3) is 4.41. The van der Waals surface area contributed by atoms with Gasteiger partial charge in [0.1, 0.15) is 5.82 Å². The minimum absolute atomic E-state index is 0.634. The largest absolute Gasteiger partial charge is 0.355 e. The first-order chi connectivity index (χ1) is 10.2. The van der Waals surface area contributed by atoms with Gasteiger partial charge in [-0.15, -0.1) is 0 Å². The van der Waals surface area contributed by atoms with Gasteiger partial charge in [-0.25, -0.2) is 4.98 Å². The Kier molecular flexibility index (Phi) is 6.45. The van der Waals surface area contributed by atoms with Crippen molar-refractivity contribution in [2.24, 2.45) is 5.73 Å². The number of aromatic nitrogens is 1. The molecule has 1 unspecified atom stereocenters. The number of pyridine rings is 1. The fourth-order valence-corrected chi connectivity index (χ4v) is 3.30. The Morgan fingerprint density at radius 1 is 1.29 bits per heavy atom. The highest BCUT2D eigenvalue weighted by molar-refractivity contribution is 9.10. The minimum Gasteiger partial charge on any atom is -0.355 e. The van der Waals surface area contributed by atoms with Gasteiger partial charge in [-0.3, -0.25) is 4.90 Å². The van der Waals surface area contributed by atoms with Crippen LogP contribution in [0.15, 0.2) is 16.6 Å². The predicted octanol–water partition coefficient (Wildman–Crippen LogP) is 2.79. The van der Waals surface area contributed by atoms with E-state index in [9.17, 15) is 0 Å². The van der Waals surface area contributed by atoms with Crippen LogP contribution < -0.4 is 10.6 Å². The Morgan fingerprint density at radius 3 is 2.76 bits per heavy atom. The molecule has 5 heteroatoms. The van der Waals surface area contributed by atoms with Crippen molar-refractivity contribution >= 4 is 21.7 Å². The fraction of sp³-hybridized carbons (Fsp3) is 0.688. The third-order valence-electron chi connectivity index (χ3n) is 4.35. The molecule has 21 heavy (non-hydrogen) atoms. The van der Waals surface area contributed by atoms with Crippen molar-refractivity contribution in [3.8, 4) is 0 Å². The standard InChI is InChI=1S/C16H27BrN4/c1-3-14(7-8-18)20-9-4-10-21(12-11-20)16-6-5-15(17)13(2)19-16/h5-6,14H,3-4,7-12,18H2,1-2H3. The molecule has 0 radical (unpaired) electrons. The lowest BCUT2D eigenvalue weighted by molar-refractivity contribution is 0.196. The highest BCUT2D eigenvalue weighted by Gasteiger charge is 2.21. The molecule has 2 rings (SSSR count). The van der Waals surface area contributed by atoms with Gasteiger partial charge in [-0.1, -0.05) is 6.92 Å². The third-order valence-corrected chi connectivity index (χ3v) is 5.19. The molecule has 1 aromatic rings. The zero-order chi connectivity index (χ0) is 15.2. The molecule has 0 spiro atoms. The van der Waals surface area contributed by atoms with E-state index in [0.717, 1.165) is 48.6 Å². The SMILES string of the molecule is CCC(CCN)N1CCCN(c2ccc(Br)c(C)n2)CC1. The molecular weight excluding hydrogens is 328 g/mol. The normalized spacial score (nSPS) is 18.6. The monoisotopic (exact) mass is 354 g/mol. The predicted molar refractivity (Wildman–Crippen MR) is 92.8 cm³/mol. The topological polar surface area (TPSA) is 45.4 Å². The van der Waals surface area contributed by atoms with E-state index in [-0.39, 0.29) is 0 Å². The highest BCUT2D eigenvalue weighted by Crippen LogP contribution is 2.21. The summed E-state index contributed by atoms with van der Waals surface area (Å²) < 4.78 is 1.08. The Labute approximate surface area is 136 Å². The van der Waals surface area contributed by atoms with Crippen LogP contribution in [0.4, 0.5) is 5.82 Å². The Hall–Kier alpha value is -0.650. The van der Waals surface area contributed by atoms with Crippen LogP contribution in [0.25, 0.3) is 0 Å². The van der Waals surface area contributed by atoms with Crippen molar-refractivity contribution in [2.45, 2.75) is 39.2 Å². The number of rotatable bonds is 5. The van der Waals surface area contributed by atoms with E-state index in [1.165, 1.54) is 19.4 Å². The molecule has 1 aliphatic heterocycles. The van der Waals surface area contributed by atoms with E-state index in [1.54, 1.807) is 0 Å². The van der Waals surface area contributed by atoms with Crippen LogP contribution in [0, 0.1) is 6.92 Å². The van der Waals surface area contributed by atoms with Crippen LogP contribution in [0.3, 0.4) is 0 Å². The van der Waals surface area contributed by atoms with Crippen LogP contribution in [0.2, 0.25) is 0 Å². The molecule has 4 nitrogen and oxygen atoms in total. The summed E-state index contributed by atoms with van der Waals surface area (Å²) in [6.07, 6.45) is 3.48. The average molecular weight is 355 g/mol. The Bertz CT molecular complexity index is 452. The molecule has 0 aliphatic carbocycles. The maximum atomic E-state index is 5.75. The lowest BCUT2D eigenvalue weighted by Gasteiger charge is -2.29. The second-order valence-electron chi connectivity index (χ2n) is 5.75. The van der Waals surface area contributed by atoms with E-state index < -0.39 is 0 Å². The van der Waals surface area contributed by atoms with Crippen LogP contribution in [0.5, 0.6) is 0 Å². The van der Waals surface area contributed by atoms with E-state index in [1.807, 2.05) is 6.92 Å². The summed E-state index contributed by atoms with van der Waals surface area (Å²) in [6, 6.07) is 4.85. The molecule has 1 aromatic heterocycles. The molecule has 0 amide bonds. The summed E-state index contributed by atoms with van der Waals surface area (Å²) in [4.78, 5) is 9.73. The van der Waals surface area contributed by atoms with Crippen LogP contribution in [-0.2, 0) is 0 Å². The van der Waals surface area contributed by atoms with Crippen LogP contribution in [-0.4, -0.2) is 48.6 Å². The second kappa shape index (κ2) is 8.11. The number of hydrogen-bond donors (Lipinski definition) is 1. The molecule has 118 valence electrons. The number of anilines is 1. The Balaban J connectivity index is 2.01. The summed E-state index contributed by atoms with van der Waals surface area (Å²) in [5, 5.41) is 0. The Morgan fingerprint density at radius 2 is 2.10 bits per heavy atom. The second-order valence-corrected chi connectivity index (χ2v) is 6.61. The lowest BCUT2D eigenvalue weighted by atomic mass is 10.1. The molecule has 1 fully saturated rings. The van der Waals surface area contributed by atoms with Gasteiger partial charge in [0.05, 0.1) is 5.69 Å². The highest BCUT2D eigenvalue weighted by atomic mass is 79.9. The molecule has 0 aromatic carbocycles. The van der Waals surface area contributed by atoms with Crippen molar-refractivity contribution < 1.29 is 0 Å². The van der Waals surface area contributed by atoms with Gasteiger partial charge in [0, 0.05) is 36.7 Å². The molecule has 2 heterocycles. The smallest absolute Gasteiger partial charge is 0.128 e. The van der Waals surface area contributed by atoms with Crippen molar-refractivity contribution in [1.82, 2.24) is 9.88 Å². The van der Waals surface area contributed by atoms with E-state index in [0.29, 0.717) is 6.04 Å². The molecule has 1 aliphatic rings. The van der Waals surface area contributed by atoms with Gasteiger partial charge in [-0.05, 0) is 60.8 Å². The first-order valence-electron chi connectivity index (χ1n) is 7.98. The first-order valence-corrected chi connectivity index (χ1v) is 8.77. The fourth-order valence-electron chi connectivity index (χ4n) is 3.08. The molecule has 1 saturated heterocycles. The summed E-state index contributed by atoms with van der Waals surface area (Å²) >= 11 is 3.52. The number of aryl methyl sites for hydroxylation is 1. The number of nitrogens with zero attached hydrogens (tertiary/aromatic N) is 3. The molecular formula is C16H27BrN4. The van der Waals surface area contributed by atoms with Crippen LogP contribution in [0.1, 0.15) is 31.9 Å². The van der Waals surface area contributed by atoms with E-state index in [2.05, 4.69) is 44.8 Å². The van der Waals surface area contributed by atoms with Gasteiger partial charge in [0.25, 0.3) is 0 Å². The van der Waals surface area contributed by atoms with E-state index >= 15 is 0 Å². The average Bonchev–Trinajstić information content (AvgIpc) is 2.73. The van der Waals surface area contributed by atoms with Gasteiger partial charge < -0.3 is 10.6 Å². The first kappa shape index (κ1) is 16.7. The molecule has 2 N–H and O–H groups in total. The summed E-state index contributed by atoms with van der Waals surface area (Å²) in [7, 11) is 0. The van der Waals surface area contributed by atoms with Crippen molar-refractivity contribution in [3.05, 3.63) is 22.3 Å². The van der Waals surface area contributed by atoms with Crippen molar-refractivity contribution in [2.75, 3.05) is 37.6 Å². The lowest BCUT2D eigenvalue weighted by Crippen LogP contribution is -2.39. The van der Waals surface area contributed by atoms with Gasteiger partial charge in [0.2, 0.25) is 0 Å². The number of nitrogens with two attached hydrogens (primary N) is 1. The van der Waals surface area contributed by atoms with E-state index in [4.69, 9.17) is 10.7 Å². The maximum Gasteiger partial charge on any atom is 0.128 e. The zero-order valence-corrected chi connectivity index (χ0v) is 14.8. The van der Waals surface area contributed by atoms with Crippen molar-refractivity contribution in [1.29, 1.82) is 0 Å². The zero-order valence-electron chi connectivity index (χ0n) is 13.2. The van der Waals surface area contributed by atoms with Gasteiger partial charge >= 0.3 is 0 Å². The molecule has 0 bridgehead atoms. The number of hydrogen-bond acceptors (Lipinski definition) is 4. The van der Waals surface area contributed by atoms with Crippen LogP contribution >= 0.6 is 15.9 Å². The minimum atomic E-state index is 0.634. The van der Waals surface area contributed by atoms with Crippen molar-refractivity contribution in [3.63, 3.8) is 0 Å². The van der Waals surface area contributed by atoms with Gasteiger partial charge in [-0.2, -0.15) is 0 Å². The summed E-state index contributed by atoms with van der Waals surface area (Å²) in [6.45, 7) is 9.51. The number of halogens is 1. The summed E-state index contributed by atoms with van der Waals surface area (Å²) in [5.41, 5.74) is 6.81.